The first-order chi connectivity index (χ1) is 9.04. The fourth-order valence-corrected chi connectivity index (χ4v) is 2.33. The van der Waals surface area contributed by atoms with E-state index in [1.807, 2.05) is 7.05 Å². The molecule has 0 atom stereocenters. The van der Waals surface area contributed by atoms with E-state index >= 15 is 0 Å². The van der Waals surface area contributed by atoms with E-state index in [-0.39, 0.29) is 16.2 Å². The fourth-order valence-electron chi connectivity index (χ4n) is 1.57. The van der Waals surface area contributed by atoms with Crippen LogP contribution in [-0.4, -0.2) is 30.2 Å². The van der Waals surface area contributed by atoms with Crippen molar-refractivity contribution in [3.05, 3.63) is 31.2 Å². The van der Waals surface area contributed by atoms with Gasteiger partial charge in [-0.1, -0.05) is 11.6 Å². The second-order valence-corrected chi connectivity index (χ2v) is 5.29. The Labute approximate surface area is 127 Å². The van der Waals surface area contributed by atoms with Crippen molar-refractivity contribution in [1.82, 2.24) is 15.3 Å². The van der Waals surface area contributed by atoms with E-state index in [4.69, 9.17) is 27.9 Å². The topological polar surface area (TPSA) is 67.0 Å². The zero-order valence-corrected chi connectivity index (χ0v) is 13.0. The number of nitrogens with one attached hydrogen (secondary N) is 2. The van der Waals surface area contributed by atoms with Gasteiger partial charge in [0.05, 0.1) is 5.02 Å². The fraction of sp³-hybridized carbons (Fsp3) is 0.273. The van der Waals surface area contributed by atoms with Gasteiger partial charge in [-0.2, -0.15) is 0 Å². The predicted octanol–water partition coefficient (Wildman–Crippen LogP) is 2.59. The Morgan fingerprint density at radius 3 is 2.95 bits per heavy atom. The molecule has 0 unspecified atom stereocenters. The Morgan fingerprint density at radius 1 is 1.53 bits per heavy atom. The maximum atomic E-state index is 12.0. The smallest absolute Gasteiger partial charge is 0.263 e. The van der Waals surface area contributed by atoms with Crippen LogP contribution in [0.3, 0.4) is 0 Å². The van der Waals surface area contributed by atoms with Crippen molar-refractivity contribution < 1.29 is 4.74 Å². The van der Waals surface area contributed by atoms with Gasteiger partial charge in [0.15, 0.2) is 0 Å². The summed E-state index contributed by atoms with van der Waals surface area (Å²) < 4.78 is 6.15. The molecule has 0 amide bonds. The number of aromatic nitrogens is 2. The minimum absolute atomic E-state index is 0.0151. The molecule has 19 heavy (non-hydrogen) atoms. The first-order valence-electron chi connectivity index (χ1n) is 5.39. The minimum Gasteiger partial charge on any atom is -0.491 e. The lowest BCUT2D eigenvalue weighted by Gasteiger charge is -2.10. The van der Waals surface area contributed by atoms with Crippen LogP contribution in [0.15, 0.2) is 15.3 Å². The molecular weight excluding hydrogens is 357 g/mol. The molecule has 1 heterocycles. The number of ether oxygens (including phenoxy) is 1. The number of likely N-dealkylation sites (N-methyl/N-ethyl adjacent to an activating group) is 1. The summed E-state index contributed by atoms with van der Waals surface area (Å²) >= 11 is 15.2. The lowest BCUT2D eigenvalue weighted by atomic mass is 10.2. The Kier molecular flexibility index (Phi) is 4.67. The third-order valence-corrected chi connectivity index (χ3v) is 3.84. The highest BCUT2D eigenvalue weighted by Crippen LogP contribution is 2.35. The van der Waals surface area contributed by atoms with Gasteiger partial charge < -0.3 is 10.1 Å². The zero-order chi connectivity index (χ0) is 14.0. The van der Waals surface area contributed by atoms with Crippen molar-refractivity contribution in [2.24, 2.45) is 0 Å². The molecule has 0 saturated heterocycles. The Balaban J connectivity index is 2.64. The molecule has 0 radical (unpaired) electrons. The number of benzene rings is 1. The van der Waals surface area contributed by atoms with Gasteiger partial charge in [0, 0.05) is 11.0 Å². The van der Waals surface area contributed by atoms with Gasteiger partial charge in [-0.15, -0.1) is 0 Å². The van der Waals surface area contributed by atoms with Crippen LogP contribution < -0.4 is 15.6 Å². The highest BCUT2D eigenvalue weighted by Gasteiger charge is 2.15. The van der Waals surface area contributed by atoms with E-state index < -0.39 is 0 Å². The quantitative estimate of drug-likeness (QED) is 0.644. The third kappa shape index (κ3) is 3.02. The molecule has 0 aliphatic heterocycles. The number of hydrogen-bond acceptors (Lipinski definition) is 4. The molecule has 0 aliphatic carbocycles. The molecule has 102 valence electrons. The summed E-state index contributed by atoms with van der Waals surface area (Å²) in [5.41, 5.74) is -0.0758. The normalized spacial score (nSPS) is 10.9. The molecule has 8 heteroatoms. The summed E-state index contributed by atoms with van der Waals surface area (Å²) in [6, 6.07) is 1.64. The van der Waals surface area contributed by atoms with Gasteiger partial charge in [0.1, 0.15) is 23.3 Å². The lowest BCUT2D eigenvalue weighted by Crippen LogP contribution is -2.17. The van der Waals surface area contributed by atoms with E-state index in [0.717, 1.165) is 0 Å². The summed E-state index contributed by atoms with van der Waals surface area (Å²) in [4.78, 5) is 18.4. The van der Waals surface area contributed by atoms with E-state index in [1.165, 1.54) is 0 Å². The predicted molar refractivity (Wildman–Crippen MR) is 79.5 cm³/mol. The number of fused-ring (bicyclic) bond motifs is 1. The summed E-state index contributed by atoms with van der Waals surface area (Å²) in [7, 11) is 1.81. The Morgan fingerprint density at radius 2 is 2.26 bits per heavy atom. The second kappa shape index (κ2) is 6.09. The van der Waals surface area contributed by atoms with Gasteiger partial charge in [-0.3, -0.25) is 9.78 Å². The number of rotatable bonds is 4. The molecule has 0 spiro atoms. The SMILES string of the molecule is CNCCOc1cc(Br)c(Cl)c2nc(Cl)[nH]c(=O)c12. The van der Waals surface area contributed by atoms with Crippen LogP contribution >= 0.6 is 39.1 Å². The first kappa shape index (κ1) is 14.6. The summed E-state index contributed by atoms with van der Waals surface area (Å²) in [6.45, 7) is 1.07. The summed E-state index contributed by atoms with van der Waals surface area (Å²) in [5.74, 6) is 0.409. The van der Waals surface area contributed by atoms with Crippen LogP contribution in [0.2, 0.25) is 10.3 Å². The molecule has 0 saturated carbocycles. The molecule has 1 aromatic carbocycles. The van der Waals surface area contributed by atoms with Gasteiger partial charge in [-0.25, -0.2) is 4.98 Å². The first-order valence-corrected chi connectivity index (χ1v) is 6.94. The molecule has 0 bridgehead atoms. The number of aromatic amines is 1. The van der Waals surface area contributed by atoms with Crippen LogP contribution in [0.4, 0.5) is 0 Å². The monoisotopic (exact) mass is 365 g/mol. The van der Waals surface area contributed by atoms with Gasteiger partial charge in [-0.05, 0) is 40.6 Å². The van der Waals surface area contributed by atoms with Crippen LogP contribution in [-0.2, 0) is 0 Å². The largest absolute Gasteiger partial charge is 0.491 e. The maximum absolute atomic E-state index is 12.0. The zero-order valence-electron chi connectivity index (χ0n) is 9.89. The van der Waals surface area contributed by atoms with Crippen molar-refractivity contribution in [2.75, 3.05) is 20.2 Å². The lowest BCUT2D eigenvalue weighted by molar-refractivity contribution is 0.321. The molecule has 2 rings (SSSR count). The van der Waals surface area contributed by atoms with Gasteiger partial charge in [0.25, 0.3) is 5.56 Å². The molecule has 0 fully saturated rings. The Bertz CT molecular complexity index is 675. The highest BCUT2D eigenvalue weighted by molar-refractivity contribution is 9.10. The van der Waals surface area contributed by atoms with E-state index in [1.54, 1.807) is 6.07 Å². The molecular formula is C11H10BrCl2N3O2. The molecule has 1 aromatic heterocycles. The Hall–Kier alpha value is -0.820. The second-order valence-electron chi connectivity index (χ2n) is 3.70. The number of H-pyrrole nitrogens is 1. The van der Waals surface area contributed by atoms with Crippen LogP contribution in [0.25, 0.3) is 10.9 Å². The van der Waals surface area contributed by atoms with Crippen molar-refractivity contribution in [3.8, 4) is 5.75 Å². The third-order valence-electron chi connectivity index (χ3n) is 2.42. The van der Waals surface area contributed by atoms with Crippen molar-refractivity contribution in [2.45, 2.75) is 0 Å². The standard InChI is InChI=1S/C11H10BrCl2N3O2/c1-15-2-3-19-6-4-5(12)8(13)9-7(6)10(18)17-11(14)16-9/h4,15H,2-3H2,1H3,(H,16,17,18). The average Bonchev–Trinajstić information content (AvgIpc) is 2.35. The van der Waals surface area contributed by atoms with Crippen molar-refractivity contribution in [3.63, 3.8) is 0 Å². The van der Waals surface area contributed by atoms with Crippen molar-refractivity contribution >= 4 is 50.0 Å². The van der Waals surface area contributed by atoms with Crippen molar-refractivity contribution in [1.29, 1.82) is 0 Å². The molecule has 2 N–H and O–H groups in total. The van der Waals surface area contributed by atoms with Crippen LogP contribution in [0, 0.1) is 0 Å². The van der Waals surface area contributed by atoms with E-state index in [0.29, 0.717) is 33.9 Å². The molecule has 2 aromatic rings. The van der Waals surface area contributed by atoms with E-state index in [2.05, 4.69) is 31.2 Å². The summed E-state index contributed by atoms with van der Waals surface area (Å²) in [5, 5.41) is 3.54. The van der Waals surface area contributed by atoms with E-state index in [9.17, 15) is 4.79 Å². The number of hydrogen-bond donors (Lipinski definition) is 2. The van der Waals surface area contributed by atoms with Gasteiger partial charge >= 0.3 is 0 Å². The maximum Gasteiger partial charge on any atom is 0.263 e. The van der Waals surface area contributed by atoms with Gasteiger partial charge in [0.2, 0.25) is 5.28 Å². The van der Waals surface area contributed by atoms with Crippen LogP contribution in [0.5, 0.6) is 5.75 Å². The number of nitrogens with zero attached hydrogens (tertiary/aromatic N) is 1. The molecule has 5 nitrogen and oxygen atoms in total. The number of halogens is 3. The molecule has 0 aliphatic rings. The minimum atomic E-state index is -0.385. The average molecular weight is 367 g/mol. The summed E-state index contributed by atoms with van der Waals surface area (Å²) in [6.07, 6.45) is 0. The highest BCUT2D eigenvalue weighted by atomic mass is 79.9. The van der Waals surface area contributed by atoms with Crippen LogP contribution in [0.1, 0.15) is 0 Å².